The first-order valence-electron chi connectivity index (χ1n) is 6.13. The SMILES string of the molecule is CC(C)[C@@H](C(=O)Nc1ccc(Cl)nc1)n1cccc1. The third-order valence-corrected chi connectivity index (χ3v) is 3.07. The van der Waals surface area contributed by atoms with Crippen LogP contribution < -0.4 is 5.32 Å². The summed E-state index contributed by atoms with van der Waals surface area (Å²) in [6.45, 7) is 4.04. The monoisotopic (exact) mass is 277 g/mol. The number of carbonyl (C=O) groups is 1. The quantitative estimate of drug-likeness (QED) is 0.871. The largest absolute Gasteiger partial charge is 0.342 e. The van der Waals surface area contributed by atoms with E-state index >= 15 is 0 Å². The van der Waals surface area contributed by atoms with E-state index in [2.05, 4.69) is 10.3 Å². The van der Waals surface area contributed by atoms with Crippen LogP contribution in [0.15, 0.2) is 42.9 Å². The van der Waals surface area contributed by atoms with Gasteiger partial charge >= 0.3 is 0 Å². The molecule has 0 aliphatic carbocycles. The number of anilines is 1. The van der Waals surface area contributed by atoms with Crippen molar-refractivity contribution >= 4 is 23.2 Å². The topological polar surface area (TPSA) is 46.9 Å². The summed E-state index contributed by atoms with van der Waals surface area (Å²) in [6, 6.07) is 6.96. The van der Waals surface area contributed by atoms with Gasteiger partial charge in [0.2, 0.25) is 5.91 Å². The van der Waals surface area contributed by atoms with Crippen molar-refractivity contribution in [2.45, 2.75) is 19.9 Å². The number of rotatable bonds is 4. The number of halogens is 1. The molecule has 2 aromatic rings. The minimum Gasteiger partial charge on any atom is -0.342 e. The van der Waals surface area contributed by atoms with Gasteiger partial charge in [-0.05, 0) is 30.2 Å². The number of pyridine rings is 1. The van der Waals surface area contributed by atoms with Gasteiger partial charge in [0.15, 0.2) is 0 Å². The highest BCUT2D eigenvalue weighted by atomic mass is 35.5. The van der Waals surface area contributed by atoms with Crippen LogP contribution in [-0.2, 0) is 4.79 Å². The Morgan fingerprint density at radius 3 is 2.53 bits per heavy atom. The van der Waals surface area contributed by atoms with Gasteiger partial charge in [-0.2, -0.15) is 0 Å². The summed E-state index contributed by atoms with van der Waals surface area (Å²) >= 11 is 5.71. The Morgan fingerprint density at radius 1 is 1.32 bits per heavy atom. The maximum Gasteiger partial charge on any atom is 0.247 e. The lowest BCUT2D eigenvalue weighted by atomic mass is 10.0. The summed E-state index contributed by atoms with van der Waals surface area (Å²) in [4.78, 5) is 16.3. The molecule has 0 aliphatic rings. The Labute approximate surface area is 117 Å². The second-order valence-corrected chi connectivity index (χ2v) is 5.07. The zero-order valence-electron chi connectivity index (χ0n) is 10.9. The second-order valence-electron chi connectivity index (χ2n) is 4.68. The van der Waals surface area contributed by atoms with E-state index in [4.69, 9.17) is 11.6 Å². The van der Waals surface area contributed by atoms with E-state index < -0.39 is 0 Å². The molecule has 2 rings (SSSR count). The van der Waals surface area contributed by atoms with Gasteiger partial charge in [-0.15, -0.1) is 0 Å². The van der Waals surface area contributed by atoms with E-state index in [1.54, 1.807) is 18.3 Å². The summed E-state index contributed by atoms with van der Waals surface area (Å²) in [5.41, 5.74) is 0.646. The van der Waals surface area contributed by atoms with Gasteiger partial charge in [0, 0.05) is 12.4 Å². The summed E-state index contributed by atoms with van der Waals surface area (Å²) in [5, 5.41) is 3.26. The molecule has 0 aliphatic heterocycles. The molecule has 1 amide bonds. The molecule has 19 heavy (non-hydrogen) atoms. The van der Waals surface area contributed by atoms with E-state index in [0.29, 0.717) is 10.8 Å². The predicted octanol–water partition coefficient (Wildman–Crippen LogP) is 3.37. The molecular weight excluding hydrogens is 262 g/mol. The molecule has 1 atom stereocenters. The molecule has 2 aromatic heterocycles. The van der Waals surface area contributed by atoms with Crippen LogP contribution in [0.25, 0.3) is 0 Å². The van der Waals surface area contributed by atoms with E-state index in [1.165, 1.54) is 0 Å². The fourth-order valence-corrected chi connectivity index (χ4v) is 2.09. The highest BCUT2D eigenvalue weighted by molar-refractivity contribution is 6.29. The summed E-state index contributed by atoms with van der Waals surface area (Å²) in [6.07, 6.45) is 5.34. The Morgan fingerprint density at radius 2 is 2.00 bits per heavy atom. The van der Waals surface area contributed by atoms with Gasteiger partial charge in [0.05, 0.1) is 11.9 Å². The van der Waals surface area contributed by atoms with Gasteiger partial charge in [0.1, 0.15) is 11.2 Å². The number of hydrogen-bond acceptors (Lipinski definition) is 2. The van der Waals surface area contributed by atoms with Gasteiger partial charge < -0.3 is 9.88 Å². The zero-order valence-corrected chi connectivity index (χ0v) is 11.6. The summed E-state index contributed by atoms with van der Waals surface area (Å²) < 4.78 is 1.91. The number of amides is 1. The Bertz CT molecular complexity index is 534. The van der Waals surface area contributed by atoms with Crippen molar-refractivity contribution < 1.29 is 4.79 Å². The maximum absolute atomic E-state index is 12.3. The number of aromatic nitrogens is 2. The van der Waals surface area contributed by atoms with E-state index in [-0.39, 0.29) is 17.9 Å². The Hall–Kier alpha value is -1.81. The zero-order chi connectivity index (χ0) is 13.8. The molecule has 0 spiro atoms. The first-order valence-corrected chi connectivity index (χ1v) is 6.50. The van der Waals surface area contributed by atoms with Crippen molar-refractivity contribution in [2.75, 3.05) is 5.32 Å². The Kier molecular flexibility index (Phi) is 4.22. The first-order chi connectivity index (χ1) is 9.08. The predicted molar refractivity (Wildman–Crippen MR) is 76.2 cm³/mol. The minimum absolute atomic E-state index is 0.0599. The highest BCUT2D eigenvalue weighted by Crippen LogP contribution is 2.20. The fraction of sp³-hybridized carbons (Fsp3) is 0.286. The van der Waals surface area contributed by atoms with Crippen molar-refractivity contribution in [1.82, 2.24) is 9.55 Å². The van der Waals surface area contributed by atoms with Crippen molar-refractivity contribution in [2.24, 2.45) is 5.92 Å². The van der Waals surface area contributed by atoms with Crippen LogP contribution >= 0.6 is 11.6 Å². The molecule has 0 radical (unpaired) electrons. The molecule has 0 unspecified atom stereocenters. The van der Waals surface area contributed by atoms with Crippen LogP contribution in [0.5, 0.6) is 0 Å². The van der Waals surface area contributed by atoms with E-state index in [1.807, 2.05) is 42.9 Å². The van der Waals surface area contributed by atoms with Crippen molar-refractivity contribution in [3.05, 3.63) is 48.0 Å². The maximum atomic E-state index is 12.3. The summed E-state index contributed by atoms with van der Waals surface area (Å²) in [5.74, 6) is 0.128. The average molecular weight is 278 g/mol. The fourth-order valence-electron chi connectivity index (χ4n) is 1.98. The lowest BCUT2D eigenvalue weighted by molar-refractivity contribution is -0.120. The average Bonchev–Trinajstić information content (AvgIpc) is 2.85. The first kappa shape index (κ1) is 13.6. The molecule has 4 nitrogen and oxygen atoms in total. The molecule has 2 heterocycles. The van der Waals surface area contributed by atoms with Crippen LogP contribution in [0.3, 0.4) is 0 Å². The van der Waals surface area contributed by atoms with Crippen LogP contribution in [0.1, 0.15) is 19.9 Å². The number of hydrogen-bond donors (Lipinski definition) is 1. The van der Waals surface area contributed by atoms with Crippen molar-refractivity contribution in [1.29, 1.82) is 0 Å². The Balaban J connectivity index is 2.15. The smallest absolute Gasteiger partial charge is 0.247 e. The number of carbonyl (C=O) groups excluding carboxylic acids is 1. The second kappa shape index (κ2) is 5.89. The standard InChI is InChI=1S/C14H16ClN3O/c1-10(2)13(18-7-3-4-8-18)14(19)17-11-5-6-12(15)16-9-11/h3-10,13H,1-2H3,(H,17,19)/t13-/m0/s1. The molecular formula is C14H16ClN3O. The van der Waals surface area contributed by atoms with Gasteiger partial charge in [0.25, 0.3) is 0 Å². The van der Waals surface area contributed by atoms with E-state index in [9.17, 15) is 4.79 Å². The lowest BCUT2D eigenvalue weighted by Crippen LogP contribution is -2.29. The molecule has 0 saturated carbocycles. The molecule has 0 bridgehead atoms. The normalized spacial score (nSPS) is 12.4. The van der Waals surface area contributed by atoms with Crippen LogP contribution in [-0.4, -0.2) is 15.5 Å². The highest BCUT2D eigenvalue weighted by Gasteiger charge is 2.23. The van der Waals surface area contributed by atoms with Gasteiger partial charge in [-0.3, -0.25) is 4.79 Å². The molecule has 0 saturated heterocycles. The minimum atomic E-state index is -0.245. The van der Waals surface area contributed by atoms with Crippen LogP contribution in [0.4, 0.5) is 5.69 Å². The lowest BCUT2D eigenvalue weighted by Gasteiger charge is -2.22. The van der Waals surface area contributed by atoms with Crippen molar-refractivity contribution in [3.63, 3.8) is 0 Å². The van der Waals surface area contributed by atoms with Gasteiger partial charge in [-0.1, -0.05) is 25.4 Å². The molecule has 5 heteroatoms. The number of nitrogens with one attached hydrogen (secondary N) is 1. The number of nitrogens with zero attached hydrogens (tertiary/aromatic N) is 2. The van der Waals surface area contributed by atoms with Crippen LogP contribution in [0, 0.1) is 5.92 Å². The third kappa shape index (κ3) is 3.35. The summed E-state index contributed by atoms with van der Waals surface area (Å²) in [7, 11) is 0. The molecule has 1 N–H and O–H groups in total. The molecule has 0 aromatic carbocycles. The van der Waals surface area contributed by atoms with Gasteiger partial charge in [-0.25, -0.2) is 4.98 Å². The molecule has 0 fully saturated rings. The van der Waals surface area contributed by atoms with Crippen LogP contribution in [0.2, 0.25) is 5.15 Å². The van der Waals surface area contributed by atoms with Crippen molar-refractivity contribution in [3.8, 4) is 0 Å². The molecule has 100 valence electrons. The van der Waals surface area contributed by atoms with E-state index in [0.717, 1.165) is 0 Å². The third-order valence-electron chi connectivity index (χ3n) is 2.84.